The van der Waals surface area contributed by atoms with Gasteiger partial charge in [-0.15, -0.1) is 0 Å². The maximum Gasteiger partial charge on any atom is 0.219 e. The van der Waals surface area contributed by atoms with Crippen LogP contribution in [0, 0.1) is 5.92 Å². The van der Waals surface area contributed by atoms with Gasteiger partial charge in [-0.05, 0) is 49.5 Å². The molecule has 1 aromatic rings. The van der Waals surface area contributed by atoms with Crippen LogP contribution in [0.2, 0.25) is 5.02 Å². The minimum atomic E-state index is 0.135. The van der Waals surface area contributed by atoms with E-state index in [1.54, 1.807) is 6.92 Å². The smallest absolute Gasteiger partial charge is 0.219 e. The molecule has 0 spiro atoms. The van der Waals surface area contributed by atoms with Crippen LogP contribution in [0.3, 0.4) is 0 Å². The molecule has 0 aromatic heterocycles. The number of piperidine rings is 1. The summed E-state index contributed by atoms with van der Waals surface area (Å²) >= 11 is 5.90. The lowest BCUT2D eigenvalue weighted by Crippen LogP contribution is -2.40. The van der Waals surface area contributed by atoms with Crippen LogP contribution in [0.25, 0.3) is 0 Å². The number of rotatable bonds is 5. The Morgan fingerprint density at radius 3 is 2.48 bits per heavy atom. The van der Waals surface area contributed by atoms with Gasteiger partial charge in [0, 0.05) is 31.6 Å². The number of amides is 1. The van der Waals surface area contributed by atoms with Crippen LogP contribution in [0.15, 0.2) is 24.3 Å². The summed E-state index contributed by atoms with van der Waals surface area (Å²) in [5, 5.41) is 0.732. The minimum Gasteiger partial charge on any atom is -0.337 e. The van der Waals surface area contributed by atoms with Gasteiger partial charge < -0.3 is 9.80 Å². The van der Waals surface area contributed by atoms with Crippen molar-refractivity contribution in [3.8, 4) is 0 Å². The van der Waals surface area contributed by atoms with E-state index in [9.17, 15) is 4.79 Å². The van der Waals surface area contributed by atoms with Gasteiger partial charge in [0.2, 0.25) is 5.91 Å². The van der Waals surface area contributed by atoms with Crippen molar-refractivity contribution < 1.29 is 4.79 Å². The molecule has 1 saturated heterocycles. The molecule has 21 heavy (non-hydrogen) atoms. The second-order valence-corrected chi connectivity index (χ2v) is 6.53. The molecule has 4 heteroatoms. The van der Waals surface area contributed by atoms with Gasteiger partial charge in [-0.25, -0.2) is 0 Å². The lowest BCUT2D eigenvalue weighted by Gasteiger charge is -2.32. The Hall–Kier alpha value is -1.06. The average molecular weight is 309 g/mol. The molecule has 116 valence electrons. The monoisotopic (exact) mass is 308 g/mol. The van der Waals surface area contributed by atoms with Crippen molar-refractivity contribution in [1.29, 1.82) is 0 Å². The summed E-state index contributed by atoms with van der Waals surface area (Å²) in [6.07, 6.45) is 2.55. The zero-order valence-corrected chi connectivity index (χ0v) is 13.8. The molecule has 2 rings (SSSR count). The summed E-state index contributed by atoms with van der Waals surface area (Å²) in [6, 6.07) is 7.73. The van der Waals surface area contributed by atoms with Gasteiger partial charge in [0.15, 0.2) is 0 Å². The van der Waals surface area contributed by atoms with Gasteiger partial charge in [0.05, 0.1) is 0 Å². The predicted octanol–water partition coefficient (Wildman–Crippen LogP) is 3.42. The largest absolute Gasteiger partial charge is 0.337 e. The molecular formula is C17H25ClN2O. The molecule has 1 aliphatic rings. The van der Waals surface area contributed by atoms with Crippen molar-refractivity contribution in [2.45, 2.75) is 33.2 Å². The van der Waals surface area contributed by atoms with Crippen LogP contribution in [0.1, 0.15) is 32.3 Å². The normalized spacial score (nSPS) is 16.9. The fraction of sp³-hybridized carbons (Fsp3) is 0.588. The Morgan fingerprint density at radius 1 is 1.29 bits per heavy atom. The van der Waals surface area contributed by atoms with Crippen molar-refractivity contribution >= 4 is 17.5 Å². The van der Waals surface area contributed by atoms with Crippen LogP contribution in [0.5, 0.6) is 0 Å². The number of carbonyl (C=O) groups excluding carboxylic acids is 1. The maximum absolute atomic E-state index is 11.8. The summed E-state index contributed by atoms with van der Waals surface area (Å²) in [7, 11) is 0. The van der Waals surface area contributed by atoms with Crippen LogP contribution in [-0.2, 0) is 11.3 Å². The highest BCUT2D eigenvalue weighted by Crippen LogP contribution is 2.16. The average Bonchev–Trinajstić information content (AvgIpc) is 2.47. The Balaban J connectivity index is 1.84. The topological polar surface area (TPSA) is 23.6 Å². The lowest BCUT2D eigenvalue weighted by atomic mass is 9.99. The molecule has 1 heterocycles. The number of nitrogens with zero attached hydrogens (tertiary/aromatic N) is 2. The second kappa shape index (κ2) is 7.81. The van der Waals surface area contributed by atoms with Crippen molar-refractivity contribution in [2.75, 3.05) is 26.2 Å². The number of benzene rings is 1. The molecule has 1 aromatic carbocycles. The van der Waals surface area contributed by atoms with E-state index < -0.39 is 0 Å². The van der Waals surface area contributed by atoms with E-state index >= 15 is 0 Å². The molecule has 1 amide bonds. The Kier molecular flexibility index (Phi) is 6.07. The van der Waals surface area contributed by atoms with E-state index in [-0.39, 0.29) is 5.91 Å². The maximum atomic E-state index is 11.8. The van der Waals surface area contributed by atoms with Gasteiger partial charge >= 0.3 is 0 Å². The number of carbonyl (C=O) groups is 1. The second-order valence-electron chi connectivity index (χ2n) is 6.09. The number of hydrogen-bond acceptors (Lipinski definition) is 2. The van der Waals surface area contributed by atoms with Crippen LogP contribution < -0.4 is 0 Å². The molecule has 0 aliphatic carbocycles. The molecule has 0 atom stereocenters. The van der Waals surface area contributed by atoms with Crippen LogP contribution in [0.4, 0.5) is 0 Å². The molecule has 3 nitrogen and oxygen atoms in total. The molecule has 0 bridgehead atoms. The molecule has 0 saturated carbocycles. The first-order valence-corrected chi connectivity index (χ1v) is 8.14. The van der Waals surface area contributed by atoms with Crippen molar-refractivity contribution in [1.82, 2.24) is 9.80 Å². The van der Waals surface area contributed by atoms with E-state index in [2.05, 4.69) is 11.8 Å². The van der Waals surface area contributed by atoms with Crippen molar-refractivity contribution in [3.05, 3.63) is 34.9 Å². The zero-order valence-electron chi connectivity index (χ0n) is 13.0. The predicted molar refractivity (Wildman–Crippen MR) is 87.4 cm³/mol. The van der Waals surface area contributed by atoms with Gasteiger partial charge in [-0.2, -0.15) is 0 Å². The zero-order chi connectivity index (χ0) is 15.2. The Morgan fingerprint density at radius 2 is 1.90 bits per heavy atom. The lowest BCUT2D eigenvalue weighted by molar-refractivity contribution is -0.129. The summed E-state index contributed by atoms with van der Waals surface area (Å²) in [6.45, 7) is 8.72. The summed E-state index contributed by atoms with van der Waals surface area (Å²) < 4.78 is 0. The third-order valence-corrected chi connectivity index (χ3v) is 4.55. The fourth-order valence-electron chi connectivity index (χ4n) is 2.71. The summed E-state index contributed by atoms with van der Waals surface area (Å²) in [5.74, 6) is 0.981. The molecular weight excluding hydrogens is 284 g/mol. The highest BCUT2D eigenvalue weighted by atomic mass is 35.5. The minimum absolute atomic E-state index is 0.135. The fourth-order valence-corrected chi connectivity index (χ4v) is 2.83. The third kappa shape index (κ3) is 5.33. The molecule has 0 unspecified atom stereocenters. The SMILES string of the molecule is CC(=O)N(CCN1CCC(C)CC1)Cc1ccc(Cl)cc1. The van der Waals surface area contributed by atoms with Gasteiger partial charge in [0.25, 0.3) is 0 Å². The van der Waals surface area contributed by atoms with Crippen molar-refractivity contribution in [3.63, 3.8) is 0 Å². The van der Waals surface area contributed by atoms with E-state index in [0.29, 0.717) is 6.54 Å². The van der Waals surface area contributed by atoms with Crippen molar-refractivity contribution in [2.24, 2.45) is 5.92 Å². The number of halogens is 1. The van der Waals surface area contributed by atoms with Crippen LogP contribution in [-0.4, -0.2) is 41.9 Å². The standard InChI is InChI=1S/C17H25ClN2O/c1-14-7-9-19(10-8-14)11-12-20(15(2)21)13-16-3-5-17(18)6-4-16/h3-6,14H,7-13H2,1-2H3. The van der Waals surface area contributed by atoms with Gasteiger partial charge in [-0.1, -0.05) is 30.7 Å². The first kappa shape index (κ1) is 16.3. The highest BCUT2D eigenvalue weighted by molar-refractivity contribution is 6.30. The number of likely N-dealkylation sites (tertiary alicyclic amines) is 1. The molecule has 0 N–H and O–H groups in total. The van der Waals surface area contributed by atoms with E-state index in [1.807, 2.05) is 29.2 Å². The molecule has 1 aliphatic heterocycles. The molecule has 1 fully saturated rings. The van der Waals surface area contributed by atoms with Crippen LogP contribution >= 0.6 is 11.6 Å². The summed E-state index contributed by atoms with van der Waals surface area (Å²) in [4.78, 5) is 16.2. The number of hydrogen-bond donors (Lipinski definition) is 0. The Bertz CT molecular complexity index is 452. The van der Waals surface area contributed by atoms with Gasteiger partial charge in [-0.3, -0.25) is 4.79 Å². The molecule has 0 radical (unpaired) electrons. The first-order chi connectivity index (χ1) is 10.0. The first-order valence-electron chi connectivity index (χ1n) is 7.77. The van der Waals surface area contributed by atoms with E-state index in [1.165, 1.54) is 12.8 Å². The highest BCUT2D eigenvalue weighted by Gasteiger charge is 2.17. The Labute approximate surface area is 132 Å². The van der Waals surface area contributed by atoms with Gasteiger partial charge in [0.1, 0.15) is 0 Å². The van der Waals surface area contributed by atoms with E-state index in [4.69, 9.17) is 11.6 Å². The quantitative estimate of drug-likeness (QED) is 0.832. The summed E-state index contributed by atoms with van der Waals surface area (Å²) in [5.41, 5.74) is 1.13. The van der Waals surface area contributed by atoms with E-state index in [0.717, 1.165) is 42.7 Å². The third-order valence-electron chi connectivity index (χ3n) is 4.29.